The Morgan fingerprint density at radius 3 is 1.97 bits per heavy atom. The minimum Gasteiger partial charge on any atom is -0.497 e. The van der Waals surface area contributed by atoms with Crippen molar-refractivity contribution in [3.63, 3.8) is 0 Å². The molecule has 0 saturated carbocycles. The van der Waals surface area contributed by atoms with Gasteiger partial charge in [0.25, 0.3) is 5.91 Å². The lowest BCUT2D eigenvalue weighted by Gasteiger charge is -2.19. The van der Waals surface area contributed by atoms with E-state index >= 15 is 0 Å². The molecule has 0 spiro atoms. The molecule has 0 radical (unpaired) electrons. The monoisotopic (exact) mass is 445 g/mol. The van der Waals surface area contributed by atoms with Crippen molar-refractivity contribution in [2.45, 2.75) is 18.6 Å². The van der Waals surface area contributed by atoms with Crippen molar-refractivity contribution in [2.24, 2.45) is 0 Å². The van der Waals surface area contributed by atoms with Gasteiger partial charge in [-0.3, -0.25) is 9.59 Å². The van der Waals surface area contributed by atoms with Crippen LogP contribution in [0, 0.1) is 5.82 Å². The third-order valence-electron chi connectivity index (χ3n) is 4.82. The van der Waals surface area contributed by atoms with Crippen molar-refractivity contribution in [2.75, 3.05) is 7.11 Å². The van der Waals surface area contributed by atoms with E-state index in [0.29, 0.717) is 11.3 Å². The molecule has 3 aromatic rings. The van der Waals surface area contributed by atoms with Crippen LogP contribution >= 0.6 is 0 Å². The number of ether oxygens (including phenoxy) is 1. The summed E-state index contributed by atoms with van der Waals surface area (Å²) in [5, 5.41) is 2.63. The third kappa shape index (κ3) is 5.72. The van der Waals surface area contributed by atoms with E-state index in [0.717, 1.165) is 24.3 Å². The smallest absolute Gasteiger partial charge is 0.416 e. The molecule has 0 fully saturated rings. The molecule has 8 heteroatoms. The fourth-order valence-electron chi connectivity index (χ4n) is 3.07. The minimum absolute atomic E-state index is 0.0454. The highest BCUT2D eigenvalue weighted by molar-refractivity contribution is 6.04. The zero-order chi connectivity index (χ0) is 23.3. The van der Waals surface area contributed by atoms with Gasteiger partial charge < -0.3 is 10.1 Å². The number of alkyl halides is 3. The molecule has 0 heterocycles. The molecule has 0 saturated heterocycles. The van der Waals surface area contributed by atoms with E-state index in [1.165, 1.54) is 43.5 Å². The van der Waals surface area contributed by atoms with Crippen molar-refractivity contribution < 1.29 is 31.9 Å². The second kappa shape index (κ2) is 9.64. The Kier molecular flexibility index (Phi) is 6.92. The Morgan fingerprint density at radius 2 is 1.44 bits per heavy atom. The molecular formula is C24H19F4NO3. The van der Waals surface area contributed by atoms with Crippen molar-refractivity contribution in [3.05, 3.63) is 101 Å². The van der Waals surface area contributed by atoms with Gasteiger partial charge in [0.15, 0.2) is 5.78 Å². The van der Waals surface area contributed by atoms with Crippen LogP contribution in [0.2, 0.25) is 0 Å². The lowest BCUT2D eigenvalue weighted by Crippen LogP contribution is -2.42. The fourth-order valence-corrected chi connectivity index (χ4v) is 3.07. The standard InChI is InChI=1S/C24H19F4NO3/c1-32-20-12-6-17(7-13-20)23(31)29-21(22(30)16-4-10-19(25)11-5-16)14-15-2-8-18(9-3-15)24(26,27)28/h2-13,21H,14H2,1H3,(H,29,31). The first kappa shape index (κ1) is 23.0. The predicted octanol–water partition coefficient (Wildman–Crippen LogP) is 5.08. The van der Waals surface area contributed by atoms with Crippen molar-refractivity contribution in [3.8, 4) is 5.75 Å². The first-order chi connectivity index (χ1) is 15.2. The largest absolute Gasteiger partial charge is 0.497 e. The van der Waals surface area contributed by atoms with Gasteiger partial charge in [0, 0.05) is 17.5 Å². The molecule has 166 valence electrons. The number of carbonyl (C=O) groups is 2. The summed E-state index contributed by atoms with van der Waals surface area (Å²) in [5.41, 5.74) is 0.0480. The number of halogens is 4. The maximum Gasteiger partial charge on any atom is 0.416 e. The second-order valence-corrected chi connectivity index (χ2v) is 7.02. The van der Waals surface area contributed by atoms with E-state index in [-0.39, 0.29) is 17.5 Å². The SMILES string of the molecule is COc1ccc(C(=O)NC(Cc2ccc(C(F)(F)F)cc2)C(=O)c2ccc(F)cc2)cc1. The Labute approximate surface area is 181 Å². The predicted molar refractivity (Wildman–Crippen MR) is 110 cm³/mol. The number of hydrogen-bond acceptors (Lipinski definition) is 3. The van der Waals surface area contributed by atoms with E-state index in [2.05, 4.69) is 5.32 Å². The van der Waals surface area contributed by atoms with Gasteiger partial charge in [0.2, 0.25) is 0 Å². The Hall–Kier alpha value is -3.68. The van der Waals surface area contributed by atoms with Gasteiger partial charge in [0.1, 0.15) is 11.6 Å². The number of benzene rings is 3. The molecule has 1 unspecified atom stereocenters. The van der Waals surface area contributed by atoms with E-state index in [9.17, 15) is 27.2 Å². The quantitative estimate of drug-likeness (QED) is 0.408. The zero-order valence-electron chi connectivity index (χ0n) is 16.9. The molecule has 1 amide bonds. The first-order valence-corrected chi connectivity index (χ1v) is 9.58. The zero-order valence-corrected chi connectivity index (χ0v) is 16.9. The van der Waals surface area contributed by atoms with E-state index < -0.39 is 35.3 Å². The van der Waals surface area contributed by atoms with E-state index in [4.69, 9.17) is 4.74 Å². The summed E-state index contributed by atoms with van der Waals surface area (Å²) in [6.07, 6.45) is -4.53. The van der Waals surface area contributed by atoms with Crippen LogP contribution in [0.1, 0.15) is 31.8 Å². The van der Waals surface area contributed by atoms with Crippen molar-refractivity contribution in [1.29, 1.82) is 0 Å². The van der Waals surface area contributed by atoms with Gasteiger partial charge in [-0.15, -0.1) is 0 Å². The molecule has 1 N–H and O–H groups in total. The van der Waals surface area contributed by atoms with Gasteiger partial charge in [-0.1, -0.05) is 12.1 Å². The summed E-state index contributed by atoms with van der Waals surface area (Å²) in [7, 11) is 1.48. The molecular weight excluding hydrogens is 426 g/mol. The number of carbonyl (C=O) groups excluding carboxylic acids is 2. The highest BCUT2D eigenvalue weighted by Crippen LogP contribution is 2.29. The van der Waals surface area contributed by atoms with Crippen LogP contribution in [-0.4, -0.2) is 24.8 Å². The maximum atomic E-state index is 13.2. The van der Waals surface area contributed by atoms with E-state index in [1.54, 1.807) is 12.1 Å². The number of rotatable bonds is 7. The lowest BCUT2D eigenvalue weighted by molar-refractivity contribution is -0.137. The van der Waals surface area contributed by atoms with Gasteiger partial charge in [-0.2, -0.15) is 13.2 Å². The molecule has 0 aliphatic heterocycles. The molecule has 1 atom stereocenters. The average molecular weight is 445 g/mol. The number of hydrogen-bond donors (Lipinski definition) is 1. The van der Waals surface area contributed by atoms with Crippen LogP contribution in [0.15, 0.2) is 72.8 Å². The van der Waals surface area contributed by atoms with Gasteiger partial charge in [-0.25, -0.2) is 4.39 Å². The van der Waals surface area contributed by atoms with Gasteiger partial charge in [-0.05, 0) is 66.2 Å². The van der Waals surface area contributed by atoms with Crippen LogP contribution in [0.4, 0.5) is 17.6 Å². The molecule has 0 aromatic heterocycles. The van der Waals surface area contributed by atoms with Crippen LogP contribution in [0.3, 0.4) is 0 Å². The number of ketones is 1. The minimum atomic E-state index is -4.48. The Balaban J connectivity index is 1.85. The van der Waals surface area contributed by atoms with Crippen LogP contribution in [-0.2, 0) is 12.6 Å². The molecule has 3 aromatic carbocycles. The Morgan fingerprint density at radius 1 is 0.875 bits per heavy atom. The summed E-state index contributed by atoms with van der Waals surface area (Å²) in [5.74, 6) is -1.01. The van der Waals surface area contributed by atoms with Gasteiger partial charge in [0.05, 0.1) is 18.7 Å². The second-order valence-electron chi connectivity index (χ2n) is 7.02. The number of amides is 1. The number of nitrogens with one attached hydrogen (secondary N) is 1. The van der Waals surface area contributed by atoms with Crippen molar-refractivity contribution >= 4 is 11.7 Å². The summed E-state index contributed by atoms with van der Waals surface area (Å²) in [4.78, 5) is 25.7. The lowest BCUT2D eigenvalue weighted by atomic mass is 9.96. The molecule has 4 nitrogen and oxygen atoms in total. The highest BCUT2D eigenvalue weighted by Gasteiger charge is 2.30. The topological polar surface area (TPSA) is 55.4 Å². The summed E-state index contributed by atoms with van der Waals surface area (Å²) < 4.78 is 56.8. The highest BCUT2D eigenvalue weighted by atomic mass is 19.4. The van der Waals surface area contributed by atoms with Crippen LogP contribution < -0.4 is 10.1 Å². The third-order valence-corrected chi connectivity index (χ3v) is 4.82. The number of methoxy groups -OCH3 is 1. The van der Waals surface area contributed by atoms with Crippen LogP contribution in [0.25, 0.3) is 0 Å². The van der Waals surface area contributed by atoms with Gasteiger partial charge >= 0.3 is 6.18 Å². The maximum absolute atomic E-state index is 13.2. The van der Waals surface area contributed by atoms with Crippen LogP contribution in [0.5, 0.6) is 5.75 Å². The first-order valence-electron chi connectivity index (χ1n) is 9.58. The molecule has 32 heavy (non-hydrogen) atoms. The van der Waals surface area contributed by atoms with Crippen molar-refractivity contribution in [1.82, 2.24) is 5.32 Å². The molecule has 0 aliphatic rings. The number of Topliss-reactive ketones (excluding diaryl/α,β-unsaturated/α-hetero) is 1. The molecule has 0 aliphatic carbocycles. The molecule has 0 bridgehead atoms. The van der Waals surface area contributed by atoms with E-state index in [1.807, 2.05) is 0 Å². The molecule has 3 rings (SSSR count). The summed E-state index contributed by atoms with van der Waals surface area (Å²) in [6, 6.07) is 14.3. The normalized spacial score (nSPS) is 12.2. The summed E-state index contributed by atoms with van der Waals surface area (Å²) in [6.45, 7) is 0. The fraction of sp³-hybridized carbons (Fsp3) is 0.167. The average Bonchev–Trinajstić information content (AvgIpc) is 2.78. The Bertz CT molecular complexity index is 1080. The summed E-state index contributed by atoms with van der Waals surface area (Å²) >= 11 is 0.